The van der Waals surface area contributed by atoms with Gasteiger partial charge in [-0.25, -0.2) is 4.39 Å². The van der Waals surface area contributed by atoms with E-state index in [2.05, 4.69) is 0 Å². The van der Waals surface area contributed by atoms with Crippen molar-refractivity contribution >= 4 is 5.97 Å². The van der Waals surface area contributed by atoms with Crippen molar-refractivity contribution in [3.63, 3.8) is 0 Å². The number of hydrogen-bond acceptors (Lipinski definition) is 3. The van der Waals surface area contributed by atoms with Crippen LogP contribution >= 0.6 is 0 Å². The molecular weight excluding hydrogens is 263 g/mol. The van der Waals surface area contributed by atoms with Gasteiger partial charge < -0.3 is 14.6 Å². The first-order valence-corrected chi connectivity index (χ1v) is 6.76. The van der Waals surface area contributed by atoms with Gasteiger partial charge in [0.25, 0.3) is 0 Å². The minimum absolute atomic E-state index is 0.0409. The minimum Gasteiger partial charge on any atom is -0.494 e. The van der Waals surface area contributed by atoms with Crippen LogP contribution in [0.15, 0.2) is 18.2 Å². The molecule has 1 N–H and O–H groups in total. The van der Waals surface area contributed by atoms with Crippen LogP contribution in [0.2, 0.25) is 0 Å². The van der Waals surface area contributed by atoms with E-state index < -0.39 is 17.2 Å². The molecule has 3 unspecified atom stereocenters. The van der Waals surface area contributed by atoms with Crippen LogP contribution in [-0.4, -0.2) is 30.4 Å². The van der Waals surface area contributed by atoms with Crippen LogP contribution in [0.1, 0.15) is 24.8 Å². The molecule has 2 saturated heterocycles. The molecule has 1 aromatic carbocycles. The summed E-state index contributed by atoms with van der Waals surface area (Å²) in [4.78, 5) is 11.7. The van der Waals surface area contributed by atoms with Gasteiger partial charge in [0.05, 0.1) is 19.3 Å². The Balaban J connectivity index is 1.88. The number of hydrogen-bond donors (Lipinski definition) is 1. The fraction of sp³-hybridized carbons (Fsp3) is 0.533. The topological polar surface area (TPSA) is 55.8 Å². The van der Waals surface area contributed by atoms with Crippen molar-refractivity contribution in [1.82, 2.24) is 0 Å². The molecule has 20 heavy (non-hydrogen) atoms. The van der Waals surface area contributed by atoms with Gasteiger partial charge in [-0.3, -0.25) is 4.79 Å². The van der Waals surface area contributed by atoms with E-state index in [4.69, 9.17) is 9.47 Å². The van der Waals surface area contributed by atoms with Gasteiger partial charge in [-0.1, -0.05) is 6.07 Å². The average molecular weight is 280 g/mol. The Labute approximate surface area is 116 Å². The lowest BCUT2D eigenvalue weighted by atomic mass is 9.70. The third kappa shape index (κ3) is 1.97. The third-order valence-electron chi connectivity index (χ3n) is 4.48. The summed E-state index contributed by atoms with van der Waals surface area (Å²) in [5.74, 6) is -1.14. The average Bonchev–Trinajstić information content (AvgIpc) is 3.00. The van der Waals surface area contributed by atoms with Gasteiger partial charge in [-0.2, -0.15) is 0 Å². The Bertz CT molecular complexity index is 545. The van der Waals surface area contributed by atoms with Crippen molar-refractivity contribution in [2.24, 2.45) is 5.41 Å². The maximum Gasteiger partial charge on any atom is 0.312 e. The zero-order valence-electron chi connectivity index (χ0n) is 11.3. The van der Waals surface area contributed by atoms with Gasteiger partial charge in [0.2, 0.25) is 0 Å². The highest BCUT2D eigenvalue weighted by Gasteiger charge is 2.57. The molecule has 0 radical (unpaired) electrons. The van der Waals surface area contributed by atoms with Crippen LogP contribution in [0.3, 0.4) is 0 Å². The number of halogens is 1. The van der Waals surface area contributed by atoms with Crippen molar-refractivity contribution in [3.05, 3.63) is 29.6 Å². The molecule has 0 aliphatic carbocycles. The summed E-state index contributed by atoms with van der Waals surface area (Å²) in [5.41, 5.74) is -0.244. The van der Waals surface area contributed by atoms with E-state index in [1.165, 1.54) is 19.2 Å². The fourth-order valence-corrected chi connectivity index (χ4v) is 3.47. The van der Waals surface area contributed by atoms with Crippen molar-refractivity contribution < 1.29 is 23.8 Å². The third-order valence-corrected chi connectivity index (χ3v) is 4.48. The number of methoxy groups -OCH3 is 1. The molecule has 4 nitrogen and oxygen atoms in total. The first kappa shape index (κ1) is 13.4. The lowest BCUT2D eigenvalue weighted by molar-refractivity contribution is -0.152. The second-order valence-corrected chi connectivity index (χ2v) is 5.64. The number of carboxylic acids is 1. The highest BCUT2D eigenvalue weighted by Crippen LogP contribution is 2.49. The largest absolute Gasteiger partial charge is 0.494 e. The van der Waals surface area contributed by atoms with Crippen molar-refractivity contribution in [2.45, 2.75) is 37.9 Å². The molecule has 5 heteroatoms. The number of fused-ring (bicyclic) bond motifs is 2. The molecule has 3 atom stereocenters. The van der Waals surface area contributed by atoms with Crippen molar-refractivity contribution in [3.8, 4) is 5.75 Å². The van der Waals surface area contributed by atoms with Gasteiger partial charge >= 0.3 is 5.97 Å². The molecule has 3 rings (SSSR count). The summed E-state index contributed by atoms with van der Waals surface area (Å²) in [5, 5.41) is 9.62. The predicted molar refractivity (Wildman–Crippen MR) is 69.2 cm³/mol. The van der Waals surface area contributed by atoms with Gasteiger partial charge in [0.1, 0.15) is 5.41 Å². The Morgan fingerprint density at radius 2 is 2.35 bits per heavy atom. The Morgan fingerprint density at radius 3 is 2.85 bits per heavy atom. The predicted octanol–water partition coefficient (Wildman–Crippen LogP) is 2.40. The molecule has 0 spiro atoms. The van der Waals surface area contributed by atoms with Crippen molar-refractivity contribution in [1.29, 1.82) is 0 Å². The summed E-state index contributed by atoms with van der Waals surface area (Å²) in [6.07, 6.45) is 2.30. The molecule has 2 fully saturated rings. The van der Waals surface area contributed by atoms with E-state index in [-0.39, 0.29) is 18.0 Å². The van der Waals surface area contributed by atoms with Crippen LogP contribution in [-0.2, 0) is 16.0 Å². The number of benzene rings is 1. The standard InChI is InChI=1S/C15H17FO4/c1-19-12-4-2-9(6-11(12)16)7-15(14(17)18)8-10-3-5-13(15)20-10/h2,4,6,10,13H,3,5,7-8H2,1H3,(H,17,18). The van der Waals surface area contributed by atoms with Gasteiger partial charge in [-0.15, -0.1) is 0 Å². The monoisotopic (exact) mass is 280 g/mol. The minimum atomic E-state index is -0.913. The van der Waals surface area contributed by atoms with Crippen molar-refractivity contribution in [2.75, 3.05) is 7.11 Å². The molecule has 2 heterocycles. The van der Waals surface area contributed by atoms with Gasteiger partial charge in [0.15, 0.2) is 11.6 Å². The van der Waals surface area contributed by atoms with Crippen LogP contribution in [0.5, 0.6) is 5.75 Å². The zero-order valence-corrected chi connectivity index (χ0v) is 11.3. The smallest absolute Gasteiger partial charge is 0.312 e. The Hall–Kier alpha value is -1.62. The number of carbonyl (C=O) groups is 1. The number of rotatable bonds is 4. The highest BCUT2D eigenvalue weighted by molar-refractivity contribution is 5.76. The second kappa shape index (κ2) is 4.74. The van der Waals surface area contributed by atoms with E-state index in [9.17, 15) is 14.3 Å². The molecule has 0 saturated carbocycles. The SMILES string of the molecule is COc1ccc(CC2(C(=O)O)CC3CCC2O3)cc1F. The Kier molecular flexibility index (Phi) is 3.17. The molecule has 0 amide bonds. The van der Waals surface area contributed by atoms with Crippen LogP contribution in [0.25, 0.3) is 0 Å². The highest BCUT2D eigenvalue weighted by atomic mass is 19.1. The molecule has 108 valence electrons. The van der Waals surface area contributed by atoms with E-state index in [0.29, 0.717) is 18.4 Å². The normalized spacial score (nSPS) is 31.5. The summed E-state index contributed by atoms with van der Waals surface area (Å²) < 4.78 is 24.3. The molecule has 2 aliphatic heterocycles. The summed E-state index contributed by atoms with van der Waals surface area (Å²) >= 11 is 0. The van der Waals surface area contributed by atoms with Crippen LogP contribution in [0, 0.1) is 11.2 Å². The van der Waals surface area contributed by atoms with E-state index >= 15 is 0 Å². The lowest BCUT2D eigenvalue weighted by Gasteiger charge is -2.31. The Morgan fingerprint density at radius 1 is 1.55 bits per heavy atom. The summed E-state index contributed by atoms with van der Waals surface area (Å²) in [6, 6.07) is 4.61. The van der Waals surface area contributed by atoms with E-state index in [1.54, 1.807) is 6.07 Å². The first-order chi connectivity index (χ1) is 9.55. The maximum atomic E-state index is 13.7. The van der Waals surface area contributed by atoms with E-state index in [0.717, 1.165) is 12.8 Å². The van der Waals surface area contributed by atoms with Gasteiger partial charge in [0, 0.05) is 0 Å². The van der Waals surface area contributed by atoms with Gasteiger partial charge in [-0.05, 0) is 43.4 Å². The van der Waals surface area contributed by atoms with Crippen LogP contribution in [0.4, 0.5) is 4.39 Å². The quantitative estimate of drug-likeness (QED) is 0.920. The van der Waals surface area contributed by atoms with Crippen LogP contribution < -0.4 is 4.74 Å². The second-order valence-electron chi connectivity index (χ2n) is 5.64. The summed E-state index contributed by atoms with van der Waals surface area (Å²) in [6.45, 7) is 0. The number of ether oxygens (including phenoxy) is 2. The maximum absolute atomic E-state index is 13.7. The fourth-order valence-electron chi connectivity index (χ4n) is 3.47. The summed E-state index contributed by atoms with van der Waals surface area (Å²) in [7, 11) is 1.40. The molecule has 2 bridgehead atoms. The van der Waals surface area contributed by atoms with E-state index in [1.807, 2.05) is 0 Å². The number of aliphatic carboxylic acids is 1. The molecule has 1 aromatic rings. The molecular formula is C15H17FO4. The molecule has 0 aromatic heterocycles. The lowest BCUT2D eigenvalue weighted by Crippen LogP contribution is -2.42. The zero-order chi connectivity index (χ0) is 14.3. The number of carboxylic acid groups (broad SMARTS) is 1. The first-order valence-electron chi connectivity index (χ1n) is 6.76. The molecule has 2 aliphatic rings.